The van der Waals surface area contributed by atoms with Crippen molar-refractivity contribution < 1.29 is 9.63 Å². The molecule has 6 atom stereocenters. The maximum absolute atomic E-state index is 12.7. The van der Waals surface area contributed by atoms with Crippen LogP contribution in [0.2, 0.25) is 0 Å². The second-order valence-corrected chi connectivity index (χ2v) is 9.10. The van der Waals surface area contributed by atoms with E-state index < -0.39 is 0 Å². The van der Waals surface area contributed by atoms with Gasteiger partial charge in [-0.3, -0.25) is 4.79 Å². The Bertz CT molecular complexity index is 542. The molecule has 4 rings (SSSR count). The van der Waals surface area contributed by atoms with E-state index in [9.17, 15) is 4.79 Å². The zero-order valence-electron chi connectivity index (χ0n) is 14.9. The van der Waals surface area contributed by atoms with Crippen molar-refractivity contribution in [1.29, 1.82) is 0 Å². The molecule has 0 radical (unpaired) electrons. The number of Topliss-reactive ketones (excluding diaryl/α,β-unsaturated/α-hetero) is 1. The molecule has 23 heavy (non-hydrogen) atoms. The number of fused-ring (bicyclic) bond motifs is 5. The Balaban J connectivity index is 1.71. The Morgan fingerprint density at radius 1 is 1.09 bits per heavy atom. The van der Waals surface area contributed by atoms with Crippen molar-refractivity contribution in [2.75, 3.05) is 7.11 Å². The summed E-state index contributed by atoms with van der Waals surface area (Å²) < 4.78 is 0. The number of oxime groups is 1. The van der Waals surface area contributed by atoms with Crippen LogP contribution in [0.5, 0.6) is 0 Å². The molecule has 4 saturated carbocycles. The number of rotatable bonds is 1. The summed E-state index contributed by atoms with van der Waals surface area (Å²) in [4.78, 5) is 17.8. The maximum Gasteiger partial charge on any atom is 0.145 e. The van der Waals surface area contributed by atoms with Gasteiger partial charge in [0.05, 0.1) is 5.71 Å². The summed E-state index contributed by atoms with van der Waals surface area (Å²) in [6, 6.07) is 0. The molecule has 0 spiro atoms. The monoisotopic (exact) mass is 317 g/mol. The van der Waals surface area contributed by atoms with Crippen LogP contribution in [0, 0.1) is 34.5 Å². The number of carbonyl (C=O) groups excluding carboxylic acids is 1. The van der Waals surface area contributed by atoms with Crippen LogP contribution in [0.15, 0.2) is 5.16 Å². The van der Waals surface area contributed by atoms with Crippen molar-refractivity contribution in [2.24, 2.45) is 39.7 Å². The lowest BCUT2D eigenvalue weighted by Crippen LogP contribution is -2.53. The summed E-state index contributed by atoms with van der Waals surface area (Å²) in [6.07, 6.45) is 11.1. The average molecular weight is 317 g/mol. The smallest absolute Gasteiger partial charge is 0.145 e. The first-order valence-corrected chi connectivity index (χ1v) is 9.64. The molecule has 0 bridgehead atoms. The Kier molecular flexibility index (Phi) is 3.62. The Labute approximate surface area is 140 Å². The molecule has 0 amide bonds. The van der Waals surface area contributed by atoms with Gasteiger partial charge in [0.1, 0.15) is 12.9 Å². The highest BCUT2D eigenvalue weighted by molar-refractivity contribution is 6.13. The molecular formula is C20H31NO2. The first kappa shape index (κ1) is 15.7. The van der Waals surface area contributed by atoms with Gasteiger partial charge in [-0.25, -0.2) is 0 Å². The number of nitrogens with zero attached hydrogens (tertiary/aromatic N) is 1. The van der Waals surface area contributed by atoms with E-state index in [0.29, 0.717) is 29.5 Å². The Morgan fingerprint density at radius 3 is 2.70 bits per heavy atom. The molecule has 0 N–H and O–H groups in total. The fourth-order valence-electron chi connectivity index (χ4n) is 7.11. The van der Waals surface area contributed by atoms with Gasteiger partial charge in [-0.15, -0.1) is 0 Å². The summed E-state index contributed by atoms with van der Waals surface area (Å²) in [5.41, 5.74) is 1.38. The molecule has 4 aliphatic rings. The van der Waals surface area contributed by atoms with E-state index in [1.807, 2.05) is 0 Å². The van der Waals surface area contributed by atoms with Crippen LogP contribution in [-0.2, 0) is 9.63 Å². The highest BCUT2D eigenvalue weighted by atomic mass is 16.6. The molecule has 0 heterocycles. The van der Waals surface area contributed by atoms with Gasteiger partial charge in [-0.05, 0) is 61.7 Å². The summed E-state index contributed by atoms with van der Waals surface area (Å²) in [5, 5.41) is 4.32. The molecule has 3 heteroatoms. The largest absolute Gasteiger partial charge is 0.399 e. The van der Waals surface area contributed by atoms with Crippen molar-refractivity contribution in [2.45, 2.75) is 71.6 Å². The standard InChI is InChI=1S/C20H31NO2/c1-19-10-5-4-6-13(19)7-8-14-15(19)9-11-20(2)17(22)12-16(18(14)20)21-23-3/h13-15,18H,4-12H2,1-3H3/b21-16+/t13-,14-,15+,18-,19+,20-/m1/s1. The van der Waals surface area contributed by atoms with Crippen LogP contribution in [0.1, 0.15) is 71.6 Å². The van der Waals surface area contributed by atoms with Crippen LogP contribution >= 0.6 is 0 Å². The van der Waals surface area contributed by atoms with Crippen molar-refractivity contribution >= 4 is 11.5 Å². The lowest BCUT2D eigenvalue weighted by atomic mass is 9.45. The summed E-state index contributed by atoms with van der Waals surface area (Å²) >= 11 is 0. The van der Waals surface area contributed by atoms with E-state index >= 15 is 0 Å². The van der Waals surface area contributed by atoms with Gasteiger partial charge in [-0.1, -0.05) is 31.8 Å². The third kappa shape index (κ3) is 2.07. The molecule has 3 nitrogen and oxygen atoms in total. The normalized spacial score (nSPS) is 51.1. The van der Waals surface area contributed by atoms with Gasteiger partial charge in [0.2, 0.25) is 0 Å². The van der Waals surface area contributed by atoms with Crippen molar-refractivity contribution in [3.63, 3.8) is 0 Å². The molecule has 128 valence electrons. The molecule has 0 saturated heterocycles. The predicted molar refractivity (Wildman–Crippen MR) is 91.2 cm³/mol. The number of ketones is 1. The van der Waals surface area contributed by atoms with Crippen LogP contribution in [0.3, 0.4) is 0 Å². The van der Waals surface area contributed by atoms with Gasteiger partial charge in [0, 0.05) is 17.8 Å². The van der Waals surface area contributed by atoms with Crippen LogP contribution < -0.4 is 0 Å². The van der Waals surface area contributed by atoms with E-state index in [1.54, 1.807) is 7.11 Å². The van der Waals surface area contributed by atoms with Gasteiger partial charge in [-0.2, -0.15) is 0 Å². The van der Waals surface area contributed by atoms with Crippen molar-refractivity contribution in [1.82, 2.24) is 0 Å². The first-order chi connectivity index (χ1) is 11.0. The van der Waals surface area contributed by atoms with E-state index in [-0.39, 0.29) is 5.41 Å². The second kappa shape index (κ2) is 5.32. The minimum Gasteiger partial charge on any atom is -0.399 e. The van der Waals surface area contributed by atoms with Crippen LogP contribution in [0.25, 0.3) is 0 Å². The van der Waals surface area contributed by atoms with Crippen LogP contribution in [0.4, 0.5) is 0 Å². The van der Waals surface area contributed by atoms with Crippen LogP contribution in [-0.4, -0.2) is 18.6 Å². The SMILES string of the molecule is CO/N=C1\CC(=O)[C@@]2(C)CC[C@H]3[C@@H](CC[C@H]4CCCC[C@@]43C)[C@H]12. The van der Waals surface area contributed by atoms with E-state index in [2.05, 4.69) is 19.0 Å². The molecule has 0 aliphatic heterocycles. The quantitative estimate of drug-likeness (QED) is 0.663. The molecule has 0 aromatic heterocycles. The second-order valence-electron chi connectivity index (χ2n) is 9.10. The molecule has 4 fully saturated rings. The third-order valence-electron chi connectivity index (χ3n) is 8.30. The number of hydrogen-bond donors (Lipinski definition) is 0. The van der Waals surface area contributed by atoms with E-state index in [0.717, 1.165) is 24.0 Å². The van der Waals surface area contributed by atoms with Gasteiger partial charge in [0.15, 0.2) is 0 Å². The Morgan fingerprint density at radius 2 is 1.91 bits per heavy atom. The molecule has 0 aromatic carbocycles. The highest BCUT2D eigenvalue weighted by Gasteiger charge is 2.62. The predicted octanol–water partition coefficient (Wildman–Crippen LogP) is 4.60. The summed E-state index contributed by atoms with van der Waals surface area (Å²) in [7, 11) is 1.62. The Hall–Kier alpha value is -0.860. The highest BCUT2D eigenvalue weighted by Crippen LogP contribution is 2.64. The zero-order chi connectivity index (χ0) is 16.2. The maximum atomic E-state index is 12.7. The topological polar surface area (TPSA) is 38.7 Å². The molecular weight excluding hydrogens is 286 g/mol. The summed E-state index contributed by atoms with van der Waals surface area (Å²) in [5.74, 6) is 3.10. The first-order valence-electron chi connectivity index (χ1n) is 9.64. The van der Waals surface area contributed by atoms with Crippen molar-refractivity contribution in [3.05, 3.63) is 0 Å². The molecule has 0 aromatic rings. The summed E-state index contributed by atoms with van der Waals surface area (Å²) in [6.45, 7) is 4.78. The lowest BCUT2D eigenvalue weighted by molar-refractivity contribution is -0.136. The van der Waals surface area contributed by atoms with Gasteiger partial charge >= 0.3 is 0 Å². The number of hydrogen-bond acceptors (Lipinski definition) is 3. The van der Waals surface area contributed by atoms with Gasteiger partial charge < -0.3 is 4.84 Å². The lowest BCUT2D eigenvalue weighted by Gasteiger charge is -2.59. The molecule has 0 unspecified atom stereocenters. The molecule has 4 aliphatic carbocycles. The minimum absolute atomic E-state index is 0.170. The fraction of sp³-hybridized carbons (Fsp3) is 0.900. The number of carbonyl (C=O) groups is 1. The zero-order valence-corrected chi connectivity index (χ0v) is 14.9. The van der Waals surface area contributed by atoms with E-state index in [4.69, 9.17) is 4.84 Å². The van der Waals surface area contributed by atoms with Gasteiger partial charge in [0.25, 0.3) is 0 Å². The minimum atomic E-state index is -0.170. The van der Waals surface area contributed by atoms with E-state index in [1.165, 1.54) is 44.9 Å². The third-order valence-corrected chi connectivity index (χ3v) is 8.30. The fourth-order valence-corrected chi connectivity index (χ4v) is 7.11. The average Bonchev–Trinajstić information content (AvgIpc) is 2.78. The van der Waals surface area contributed by atoms with Crippen molar-refractivity contribution in [3.8, 4) is 0 Å².